The van der Waals surface area contributed by atoms with Crippen molar-refractivity contribution in [1.29, 1.82) is 0 Å². The van der Waals surface area contributed by atoms with Crippen molar-refractivity contribution in [3.63, 3.8) is 0 Å². The number of hydrogen-bond donors (Lipinski definition) is 0. The Bertz CT molecular complexity index is 1240. The summed E-state index contributed by atoms with van der Waals surface area (Å²) in [6.45, 7) is 2.35. The Morgan fingerprint density at radius 3 is 2.17 bits per heavy atom. The van der Waals surface area contributed by atoms with Gasteiger partial charge in [-0.05, 0) is 18.1 Å². The zero-order valence-electron chi connectivity index (χ0n) is 19.4. The van der Waals surface area contributed by atoms with E-state index in [1.807, 2.05) is 67.6 Å². The number of benzene rings is 2. The van der Waals surface area contributed by atoms with Gasteiger partial charge in [0.05, 0.1) is 29.3 Å². The lowest BCUT2D eigenvalue weighted by atomic mass is 9.95. The van der Waals surface area contributed by atoms with Gasteiger partial charge in [-0.15, -0.1) is 5.10 Å². The highest BCUT2D eigenvalue weighted by Gasteiger charge is 2.64. The maximum Gasteiger partial charge on any atom is 0.331 e. The highest BCUT2D eigenvalue weighted by molar-refractivity contribution is 8.29. The van der Waals surface area contributed by atoms with Gasteiger partial charge in [0.2, 0.25) is 5.91 Å². The molecule has 10 heteroatoms. The molecule has 2 aliphatic heterocycles. The largest absolute Gasteiger partial charge is 0.451 e. The molecular weight excluding hydrogens is 468 g/mol. The van der Waals surface area contributed by atoms with Gasteiger partial charge >= 0.3 is 5.97 Å². The smallest absolute Gasteiger partial charge is 0.331 e. The highest BCUT2D eigenvalue weighted by Crippen LogP contribution is 2.60. The summed E-state index contributed by atoms with van der Waals surface area (Å²) in [7, 11) is -1.88. The number of ether oxygens (including phenoxy) is 1. The molecule has 0 spiro atoms. The number of β-lactam (4-membered cyclic amide) rings is 1. The molecule has 0 radical (unpaired) electrons. The van der Waals surface area contributed by atoms with E-state index in [2.05, 4.69) is 22.1 Å². The predicted molar refractivity (Wildman–Crippen MR) is 137 cm³/mol. The molecule has 3 atom stereocenters. The topological polar surface area (TPSA) is 140 Å². The van der Waals surface area contributed by atoms with E-state index in [1.165, 1.54) is 0 Å². The summed E-state index contributed by atoms with van der Waals surface area (Å²) < 4.78 is 7.15. The Labute approximate surface area is 204 Å². The van der Waals surface area contributed by atoms with Crippen molar-refractivity contribution < 1.29 is 25.3 Å². The number of carbonyl (C=O) groups excluding carboxylic acids is 2. The minimum absolute atomic E-state index is 0. The van der Waals surface area contributed by atoms with E-state index in [0.717, 1.165) is 11.1 Å². The summed E-state index contributed by atoms with van der Waals surface area (Å²) in [5, 5.41) is 7.84. The molecule has 2 aromatic carbocycles. The van der Waals surface area contributed by atoms with E-state index in [-0.39, 0.29) is 22.2 Å². The Kier molecular flexibility index (Phi) is 7.21. The van der Waals surface area contributed by atoms with Crippen LogP contribution in [0.4, 0.5) is 0 Å². The van der Waals surface area contributed by atoms with Crippen LogP contribution >= 0.6 is 9.21 Å². The van der Waals surface area contributed by atoms with Crippen LogP contribution in [0.3, 0.4) is 0 Å². The predicted octanol–water partition coefficient (Wildman–Crippen LogP) is 1.33. The molecule has 0 bridgehead atoms. The fourth-order valence-corrected chi connectivity index (χ4v) is 7.70. The average Bonchev–Trinajstić information content (AvgIpc) is 3.36. The number of hydrogen-bond acceptors (Lipinski definition) is 5. The van der Waals surface area contributed by atoms with Crippen molar-refractivity contribution in [2.75, 3.05) is 0 Å². The number of nitrogens with zero attached hydrogens (tertiary/aromatic N) is 4. The molecule has 2 aliphatic rings. The number of rotatable bonds is 6. The Hall–Kier alpha value is -3.47. The quantitative estimate of drug-likeness (QED) is 0.286. The number of fused-ring (bicyclic) bond motifs is 1. The molecule has 4 N–H and O–H groups in total. The molecule has 9 nitrogen and oxygen atoms in total. The first-order chi connectivity index (χ1) is 15.8. The molecule has 186 valence electrons. The van der Waals surface area contributed by atoms with Crippen molar-refractivity contribution in [2.45, 2.75) is 42.2 Å². The van der Waals surface area contributed by atoms with Crippen LogP contribution < -0.4 is 0 Å². The third-order valence-electron chi connectivity index (χ3n) is 6.86. The van der Waals surface area contributed by atoms with Gasteiger partial charge in [0.25, 0.3) is 0 Å². The monoisotopic (exact) mass is 498 g/mol. The van der Waals surface area contributed by atoms with E-state index in [4.69, 9.17) is 4.74 Å². The normalized spacial score (nSPS) is 24.1. The second kappa shape index (κ2) is 9.65. The molecule has 2 saturated heterocycles. The third kappa shape index (κ3) is 4.13. The molecular formula is C25H30N4O5S. The lowest BCUT2D eigenvalue weighted by molar-refractivity contribution is -0.164. The van der Waals surface area contributed by atoms with Gasteiger partial charge in [-0.2, -0.15) is 9.21 Å². The number of amides is 1. The maximum atomic E-state index is 13.9. The number of esters is 1. The van der Waals surface area contributed by atoms with Gasteiger partial charge in [-0.1, -0.05) is 77.6 Å². The van der Waals surface area contributed by atoms with E-state index in [9.17, 15) is 9.59 Å². The van der Waals surface area contributed by atoms with Gasteiger partial charge in [0, 0.05) is 6.20 Å². The van der Waals surface area contributed by atoms with Crippen LogP contribution in [-0.4, -0.2) is 70.6 Å². The second-order valence-electron chi connectivity index (χ2n) is 8.86. The van der Waals surface area contributed by atoms with Crippen LogP contribution in [0.25, 0.3) is 0 Å². The molecule has 1 amide bonds. The van der Waals surface area contributed by atoms with Gasteiger partial charge in [0.15, 0.2) is 6.10 Å². The number of carbonyl (C=O) groups is 2. The fraction of sp³-hybridized carbons (Fsp3) is 0.280. The Balaban J connectivity index is 0.00000171. The van der Waals surface area contributed by atoms with E-state index < -0.39 is 32.1 Å². The molecule has 1 unspecified atom stereocenters. The second-order valence-corrected chi connectivity index (χ2v) is 12.2. The standard InChI is InChI=1S/C25H26N4O3S.2H2O/c1-25(17-28-15-14-26-27-28)23(29-20(30)16-21(29)33(25,2)3)24(31)32-22(18-10-6-4-7-11-18)19-12-8-5-9-13-19;;/h4-15,21-23H,2-3,16-17H2,1H3;2*1H2/t21?,23-,25-;;/m0../s1. The summed E-state index contributed by atoms with van der Waals surface area (Å²) in [6, 6.07) is 18.5. The molecule has 1 aromatic heterocycles. The van der Waals surface area contributed by atoms with Crippen LogP contribution in [0.5, 0.6) is 0 Å². The number of aromatic nitrogens is 3. The van der Waals surface area contributed by atoms with Crippen LogP contribution in [-0.2, 0) is 20.9 Å². The summed E-state index contributed by atoms with van der Waals surface area (Å²) >= 11 is 0. The Morgan fingerprint density at radius 2 is 1.69 bits per heavy atom. The lowest BCUT2D eigenvalue weighted by Crippen LogP contribution is -2.58. The van der Waals surface area contributed by atoms with Crippen LogP contribution in [0.2, 0.25) is 0 Å². The van der Waals surface area contributed by atoms with Gasteiger partial charge in [-0.25, -0.2) is 4.79 Å². The van der Waals surface area contributed by atoms with Crippen molar-refractivity contribution in [2.24, 2.45) is 0 Å². The highest BCUT2D eigenvalue weighted by atomic mass is 32.2. The van der Waals surface area contributed by atoms with Crippen LogP contribution in [0.1, 0.15) is 30.6 Å². The van der Waals surface area contributed by atoms with E-state index in [1.54, 1.807) is 22.0 Å². The van der Waals surface area contributed by atoms with Crippen molar-refractivity contribution in [3.05, 3.63) is 84.2 Å². The summed E-state index contributed by atoms with van der Waals surface area (Å²) in [6.07, 6.45) is 3.11. The van der Waals surface area contributed by atoms with Gasteiger partial charge < -0.3 is 20.6 Å². The summed E-state index contributed by atoms with van der Waals surface area (Å²) in [5.74, 6) is 8.40. The van der Waals surface area contributed by atoms with E-state index in [0.29, 0.717) is 13.0 Å². The molecule has 0 saturated carbocycles. The average molecular weight is 499 g/mol. The molecule has 3 aromatic rings. The SMILES string of the molecule is C=S1(=C)C2CC(=O)N2[C@@H](C(=O)OC(c2ccccc2)c2ccccc2)[C@]1(C)Cn1ccnn1.O.O. The maximum absolute atomic E-state index is 13.9. The molecule has 3 heterocycles. The van der Waals surface area contributed by atoms with Gasteiger partial charge in [-0.3, -0.25) is 9.48 Å². The van der Waals surface area contributed by atoms with Crippen molar-refractivity contribution in [1.82, 2.24) is 19.9 Å². The molecule has 2 fully saturated rings. The molecule has 35 heavy (non-hydrogen) atoms. The zero-order chi connectivity index (χ0) is 23.2. The zero-order valence-corrected chi connectivity index (χ0v) is 20.2. The minimum Gasteiger partial charge on any atom is -0.451 e. The first kappa shape index (κ1) is 26.1. The summed E-state index contributed by atoms with van der Waals surface area (Å²) in [4.78, 5) is 28.2. The fourth-order valence-electron chi connectivity index (χ4n) is 4.90. The van der Waals surface area contributed by atoms with Crippen LogP contribution in [0.15, 0.2) is 73.1 Å². The molecule has 0 aliphatic carbocycles. The van der Waals surface area contributed by atoms with Crippen LogP contribution in [0, 0.1) is 0 Å². The summed E-state index contributed by atoms with van der Waals surface area (Å²) in [5.41, 5.74) is 1.73. The third-order valence-corrected chi connectivity index (χ3v) is 10.5. The minimum atomic E-state index is -1.88. The first-order valence-corrected chi connectivity index (χ1v) is 12.8. The first-order valence-electron chi connectivity index (χ1n) is 10.8. The van der Waals surface area contributed by atoms with E-state index >= 15 is 0 Å². The lowest BCUT2D eigenvalue weighted by Gasteiger charge is -2.39. The molecule has 5 rings (SSSR count). The van der Waals surface area contributed by atoms with Crippen molar-refractivity contribution >= 4 is 32.8 Å². The van der Waals surface area contributed by atoms with Gasteiger partial charge in [0.1, 0.15) is 6.04 Å². The van der Waals surface area contributed by atoms with Crippen molar-refractivity contribution in [3.8, 4) is 0 Å². The Morgan fingerprint density at radius 1 is 1.11 bits per heavy atom.